The van der Waals surface area contributed by atoms with Gasteiger partial charge in [-0.15, -0.1) is 0 Å². The molecule has 0 aliphatic carbocycles. The maximum absolute atomic E-state index is 6.31. The van der Waals surface area contributed by atoms with Crippen molar-refractivity contribution in [3.8, 4) is 5.75 Å². The van der Waals surface area contributed by atoms with Crippen LogP contribution in [0, 0.1) is 6.92 Å². The van der Waals surface area contributed by atoms with Gasteiger partial charge in [0.1, 0.15) is 5.75 Å². The van der Waals surface area contributed by atoms with Crippen molar-refractivity contribution in [3.63, 3.8) is 0 Å². The third kappa shape index (κ3) is 4.22. The largest absolute Gasteiger partial charge is 0.496 e. The maximum Gasteiger partial charge on any atom is 0.122 e. The van der Waals surface area contributed by atoms with Crippen LogP contribution in [0.5, 0.6) is 5.75 Å². The number of aryl methyl sites for hydroxylation is 1. The van der Waals surface area contributed by atoms with Crippen LogP contribution in [0.2, 0.25) is 0 Å². The second kappa shape index (κ2) is 6.92. The number of ether oxygens (including phenoxy) is 1. The number of hydrogen-bond acceptors (Lipinski definition) is 3. The molecule has 0 amide bonds. The molecule has 0 saturated carbocycles. The Labute approximate surface area is 116 Å². The molecule has 2 N–H and O–H groups in total. The summed E-state index contributed by atoms with van der Waals surface area (Å²) in [4.78, 5) is 2.50. The first-order valence-electron chi connectivity index (χ1n) is 7.30. The Morgan fingerprint density at radius 2 is 2.00 bits per heavy atom. The fraction of sp³-hybridized carbons (Fsp3) is 0.625. The van der Waals surface area contributed by atoms with E-state index < -0.39 is 0 Å². The Balaban J connectivity index is 1.93. The van der Waals surface area contributed by atoms with Crippen molar-refractivity contribution >= 4 is 0 Å². The van der Waals surface area contributed by atoms with E-state index in [0.29, 0.717) is 0 Å². The van der Waals surface area contributed by atoms with Gasteiger partial charge in [0.05, 0.1) is 7.11 Å². The Kier molecular flexibility index (Phi) is 5.23. The number of rotatable bonds is 5. The van der Waals surface area contributed by atoms with E-state index in [1.807, 2.05) is 6.07 Å². The molecular weight excluding hydrogens is 236 g/mol. The van der Waals surface area contributed by atoms with Crippen molar-refractivity contribution in [1.29, 1.82) is 0 Å². The van der Waals surface area contributed by atoms with Crippen LogP contribution in [0.25, 0.3) is 0 Å². The molecule has 1 aromatic carbocycles. The van der Waals surface area contributed by atoms with Gasteiger partial charge in [-0.3, -0.25) is 0 Å². The van der Waals surface area contributed by atoms with Gasteiger partial charge in [0.15, 0.2) is 0 Å². The highest BCUT2D eigenvalue weighted by Gasteiger charge is 2.15. The molecule has 1 aliphatic heterocycles. The minimum Gasteiger partial charge on any atom is -0.496 e. The molecule has 19 heavy (non-hydrogen) atoms. The zero-order valence-corrected chi connectivity index (χ0v) is 12.2. The molecule has 0 spiro atoms. The molecule has 1 heterocycles. The van der Waals surface area contributed by atoms with Crippen molar-refractivity contribution < 1.29 is 4.74 Å². The minimum atomic E-state index is 0.189. The van der Waals surface area contributed by atoms with Gasteiger partial charge in [-0.05, 0) is 50.9 Å². The first-order valence-corrected chi connectivity index (χ1v) is 7.30. The Bertz CT molecular complexity index is 400. The van der Waals surface area contributed by atoms with Crippen LogP contribution in [0.1, 0.15) is 30.4 Å². The summed E-state index contributed by atoms with van der Waals surface area (Å²) in [5.41, 5.74) is 8.81. The van der Waals surface area contributed by atoms with Crippen LogP contribution in [-0.4, -0.2) is 37.7 Å². The summed E-state index contributed by atoms with van der Waals surface area (Å²) in [6, 6.07) is 6.50. The Morgan fingerprint density at radius 3 is 2.68 bits per heavy atom. The maximum atomic E-state index is 6.31. The summed E-state index contributed by atoms with van der Waals surface area (Å²) >= 11 is 0. The zero-order valence-electron chi connectivity index (χ0n) is 12.2. The van der Waals surface area contributed by atoms with E-state index in [-0.39, 0.29) is 6.04 Å². The minimum absolute atomic E-state index is 0.189. The van der Waals surface area contributed by atoms with Gasteiger partial charge in [-0.2, -0.15) is 0 Å². The topological polar surface area (TPSA) is 38.5 Å². The average Bonchev–Trinajstić information content (AvgIpc) is 2.40. The zero-order chi connectivity index (χ0) is 13.7. The number of nitrogens with zero attached hydrogens (tertiary/aromatic N) is 1. The first-order chi connectivity index (χ1) is 9.19. The number of benzene rings is 1. The van der Waals surface area contributed by atoms with Crippen molar-refractivity contribution in [3.05, 3.63) is 29.3 Å². The fourth-order valence-electron chi connectivity index (χ4n) is 2.89. The number of likely N-dealkylation sites (tertiary alicyclic amines) is 1. The van der Waals surface area contributed by atoms with Crippen LogP contribution >= 0.6 is 0 Å². The molecule has 1 unspecified atom stereocenters. The number of piperidine rings is 1. The molecule has 106 valence electrons. The number of nitrogens with two attached hydrogens (primary N) is 1. The van der Waals surface area contributed by atoms with E-state index in [1.165, 1.54) is 43.5 Å². The normalized spacial score (nSPS) is 18.3. The van der Waals surface area contributed by atoms with E-state index in [1.54, 1.807) is 7.11 Å². The van der Waals surface area contributed by atoms with Gasteiger partial charge in [0, 0.05) is 12.6 Å². The lowest BCUT2D eigenvalue weighted by Crippen LogP contribution is -2.41. The van der Waals surface area contributed by atoms with Gasteiger partial charge in [0.25, 0.3) is 0 Å². The summed E-state index contributed by atoms with van der Waals surface area (Å²) in [7, 11) is 1.73. The summed E-state index contributed by atoms with van der Waals surface area (Å²) < 4.78 is 5.42. The van der Waals surface area contributed by atoms with Crippen molar-refractivity contribution in [2.45, 2.75) is 38.6 Å². The second-order valence-corrected chi connectivity index (χ2v) is 5.64. The summed E-state index contributed by atoms with van der Waals surface area (Å²) in [5.74, 6) is 0.958. The molecule has 1 saturated heterocycles. The molecule has 1 atom stereocenters. The highest BCUT2D eigenvalue weighted by atomic mass is 16.5. The predicted molar refractivity (Wildman–Crippen MR) is 79.7 cm³/mol. The SMILES string of the molecule is COc1ccc(C)cc1CC(N)CN1CCCCC1. The lowest BCUT2D eigenvalue weighted by atomic mass is 10.0. The summed E-state index contributed by atoms with van der Waals surface area (Å²) in [6.07, 6.45) is 4.90. The lowest BCUT2D eigenvalue weighted by Gasteiger charge is -2.29. The van der Waals surface area contributed by atoms with Crippen LogP contribution in [-0.2, 0) is 6.42 Å². The molecule has 0 bridgehead atoms. The summed E-state index contributed by atoms with van der Waals surface area (Å²) in [5, 5.41) is 0. The van der Waals surface area contributed by atoms with Crippen LogP contribution in [0.4, 0.5) is 0 Å². The third-order valence-electron chi connectivity index (χ3n) is 3.86. The Hall–Kier alpha value is -1.06. The van der Waals surface area contributed by atoms with Crippen LogP contribution < -0.4 is 10.5 Å². The van der Waals surface area contributed by atoms with Gasteiger partial charge in [-0.1, -0.05) is 24.1 Å². The van der Waals surface area contributed by atoms with Gasteiger partial charge in [-0.25, -0.2) is 0 Å². The van der Waals surface area contributed by atoms with Gasteiger partial charge in [0.2, 0.25) is 0 Å². The van der Waals surface area contributed by atoms with E-state index in [9.17, 15) is 0 Å². The number of methoxy groups -OCH3 is 1. The molecule has 3 nitrogen and oxygen atoms in total. The highest BCUT2D eigenvalue weighted by Crippen LogP contribution is 2.21. The summed E-state index contributed by atoms with van der Waals surface area (Å²) in [6.45, 7) is 5.52. The number of hydrogen-bond donors (Lipinski definition) is 1. The van der Waals surface area contributed by atoms with Gasteiger partial charge < -0.3 is 15.4 Å². The van der Waals surface area contributed by atoms with Crippen LogP contribution in [0.15, 0.2) is 18.2 Å². The molecule has 1 aliphatic rings. The molecule has 3 heteroatoms. The van der Waals surface area contributed by atoms with Crippen LogP contribution in [0.3, 0.4) is 0 Å². The van der Waals surface area contributed by atoms with E-state index in [4.69, 9.17) is 10.5 Å². The average molecular weight is 262 g/mol. The van der Waals surface area contributed by atoms with E-state index in [2.05, 4.69) is 24.0 Å². The molecule has 1 aromatic rings. The highest BCUT2D eigenvalue weighted by molar-refractivity contribution is 5.37. The molecular formula is C16H26N2O. The third-order valence-corrected chi connectivity index (χ3v) is 3.86. The fourth-order valence-corrected chi connectivity index (χ4v) is 2.89. The lowest BCUT2D eigenvalue weighted by molar-refractivity contribution is 0.215. The standard InChI is InChI=1S/C16H26N2O/c1-13-6-7-16(19-2)14(10-13)11-15(17)12-18-8-4-3-5-9-18/h6-7,10,15H,3-5,8-9,11-12,17H2,1-2H3. The molecule has 2 rings (SSSR count). The Morgan fingerprint density at radius 1 is 1.26 bits per heavy atom. The first kappa shape index (κ1) is 14.4. The van der Waals surface area contributed by atoms with E-state index >= 15 is 0 Å². The van der Waals surface area contributed by atoms with Crippen molar-refractivity contribution in [1.82, 2.24) is 4.90 Å². The smallest absolute Gasteiger partial charge is 0.122 e. The van der Waals surface area contributed by atoms with Crippen molar-refractivity contribution in [2.75, 3.05) is 26.7 Å². The predicted octanol–water partition coefficient (Wildman–Crippen LogP) is 2.36. The second-order valence-electron chi connectivity index (χ2n) is 5.64. The molecule has 0 radical (unpaired) electrons. The van der Waals surface area contributed by atoms with Gasteiger partial charge >= 0.3 is 0 Å². The molecule has 1 fully saturated rings. The quantitative estimate of drug-likeness (QED) is 0.885. The molecule has 0 aromatic heterocycles. The van der Waals surface area contributed by atoms with Crippen molar-refractivity contribution in [2.24, 2.45) is 5.73 Å². The van der Waals surface area contributed by atoms with E-state index in [0.717, 1.165) is 18.7 Å². The monoisotopic (exact) mass is 262 g/mol.